The summed E-state index contributed by atoms with van der Waals surface area (Å²) in [5.41, 5.74) is 1.42. The maximum atomic E-state index is 13.0. The first-order chi connectivity index (χ1) is 15.4. The molecule has 0 aliphatic carbocycles. The van der Waals surface area contributed by atoms with Crippen LogP contribution in [0.15, 0.2) is 54.6 Å². The average Bonchev–Trinajstić information content (AvgIpc) is 3.06. The van der Waals surface area contributed by atoms with Crippen LogP contribution in [0.4, 0.5) is 10.5 Å². The third-order valence-corrected chi connectivity index (χ3v) is 8.19. The normalized spacial score (nSPS) is 20.8. The topological polar surface area (TPSA) is 87.2 Å². The summed E-state index contributed by atoms with van der Waals surface area (Å²) in [4.78, 5) is 30.6. The molecule has 8 nitrogen and oxygen atoms in total. The molecule has 0 aromatic heterocycles. The van der Waals surface area contributed by atoms with Gasteiger partial charge in [-0.15, -0.1) is 0 Å². The first kappa shape index (κ1) is 22.1. The lowest BCUT2D eigenvalue weighted by Crippen LogP contribution is -2.43. The highest BCUT2D eigenvalue weighted by atomic mass is 32.2. The molecule has 0 saturated carbocycles. The van der Waals surface area contributed by atoms with Crippen LogP contribution in [0.5, 0.6) is 5.75 Å². The van der Waals surface area contributed by atoms with Gasteiger partial charge in [0.2, 0.25) is 5.91 Å². The monoisotopic (exact) mass is 457 g/mol. The van der Waals surface area contributed by atoms with Crippen LogP contribution in [0.25, 0.3) is 0 Å². The third kappa shape index (κ3) is 4.43. The largest absolute Gasteiger partial charge is 0.495 e. The summed E-state index contributed by atoms with van der Waals surface area (Å²) in [6.07, 6.45) is 0.347. The standard InChI is InChI=1S/C23H27N3O5S/c1-31-20-10-6-5-9-19(20)26-14-13-25(23(26)28)17-22(27)24-12-11-21(32(29,30)16-15-24)18-7-3-2-4-8-18/h2-10,21H,11-17H2,1H3. The Labute approximate surface area is 188 Å². The fourth-order valence-corrected chi connectivity index (χ4v) is 6.10. The van der Waals surface area contributed by atoms with Crippen molar-refractivity contribution in [2.24, 2.45) is 0 Å². The van der Waals surface area contributed by atoms with E-state index >= 15 is 0 Å². The number of hydrogen-bond acceptors (Lipinski definition) is 5. The first-order valence-electron chi connectivity index (χ1n) is 10.6. The molecule has 2 heterocycles. The molecular formula is C23H27N3O5S. The zero-order chi connectivity index (χ0) is 22.7. The lowest BCUT2D eigenvalue weighted by atomic mass is 10.1. The van der Waals surface area contributed by atoms with E-state index in [4.69, 9.17) is 4.74 Å². The summed E-state index contributed by atoms with van der Waals surface area (Å²) in [6.45, 7) is 1.29. The molecule has 9 heteroatoms. The van der Waals surface area contributed by atoms with Crippen LogP contribution in [-0.4, -0.2) is 75.7 Å². The highest BCUT2D eigenvalue weighted by Gasteiger charge is 2.36. The SMILES string of the molecule is COc1ccccc1N1CCN(CC(=O)N2CCC(c3ccccc3)S(=O)(=O)CC2)C1=O. The van der Waals surface area contributed by atoms with E-state index < -0.39 is 15.1 Å². The van der Waals surface area contributed by atoms with Crippen molar-refractivity contribution >= 4 is 27.5 Å². The Morgan fingerprint density at radius 3 is 2.47 bits per heavy atom. The molecule has 0 N–H and O–H groups in total. The molecule has 2 aliphatic heterocycles. The van der Waals surface area contributed by atoms with Crippen molar-refractivity contribution in [3.8, 4) is 5.75 Å². The fraction of sp³-hybridized carbons (Fsp3) is 0.391. The second-order valence-corrected chi connectivity index (χ2v) is 10.3. The molecule has 2 fully saturated rings. The maximum absolute atomic E-state index is 13.0. The van der Waals surface area contributed by atoms with Crippen molar-refractivity contribution in [1.29, 1.82) is 0 Å². The molecule has 3 amide bonds. The Morgan fingerprint density at radius 1 is 1.00 bits per heavy atom. The predicted octanol–water partition coefficient (Wildman–Crippen LogP) is 2.33. The van der Waals surface area contributed by atoms with Gasteiger partial charge in [-0.05, 0) is 24.1 Å². The Kier molecular flexibility index (Phi) is 6.36. The number of anilines is 1. The molecule has 4 rings (SSSR count). The number of hydrogen-bond donors (Lipinski definition) is 0. The lowest BCUT2D eigenvalue weighted by molar-refractivity contribution is -0.131. The average molecular weight is 458 g/mol. The summed E-state index contributed by atoms with van der Waals surface area (Å²) in [5, 5.41) is -0.615. The molecule has 2 aromatic rings. The number of ether oxygens (including phenoxy) is 1. The van der Waals surface area contributed by atoms with E-state index in [2.05, 4.69) is 0 Å². The van der Waals surface area contributed by atoms with Crippen LogP contribution >= 0.6 is 0 Å². The second kappa shape index (κ2) is 9.20. The summed E-state index contributed by atoms with van der Waals surface area (Å²) >= 11 is 0. The minimum absolute atomic E-state index is 0.0689. The number of carbonyl (C=O) groups is 2. The minimum atomic E-state index is -3.37. The number of nitrogens with zero attached hydrogens (tertiary/aromatic N) is 3. The highest BCUT2D eigenvalue weighted by Crippen LogP contribution is 2.31. The summed E-state index contributed by atoms with van der Waals surface area (Å²) in [6, 6.07) is 16.1. The first-order valence-corrected chi connectivity index (χ1v) is 12.4. The number of urea groups is 1. The minimum Gasteiger partial charge on any atom is -0.495 e. The summed E-state index contributed by atoms with van der Waals surface area (Å²) in [5.74, 6) is 0.280. The van der Waals surface area contributed by atoms with E-state index in [1.54, 1.807) is 23.0 Å². The summed E-state index contributed by atoms with van der Waals surface area (Å²) in [7, 11) is -1.81. The molecule has 32 heavy (non-hydrogen) atoms. The quantitative estimate of drug-likeness (QED) is 0.688. The van der Waals surface area contributed by atoms with E-state index in [0.717, 1.165) is 5.56 Å². The number of benzene rings is 2. The third-order valence-electron chi connectivity index (χ3n) is 6.06. The van der Waals surface area contributed by atoms with Gasteiger partial charge in [0.15, 0.2) is 9.84 Å². The van der Waals surface area contributed by atoms with Crippen LogP contribution in [0.3, 0.4) is 0 Å². The smallest absolute Gasteiger partial charge is 0.325 e. The molecule has 2 aliphatic rings. The Bertz CT molecular complexity index is 1090. The number of rotatable bonds is 5. The Balaban J connectivity index is 1.42. The van der Waals surface area contributed by atoms with E-state index in [1.165, 1.54) is 4.90 Å². The van der Waals surface area contributed by atoms with Crippen molar-refractivity contribution in [3.63, 3.8) is 0 Å². The molecule has 2 aromatic carbocycles. The van der Waals surface area contributed by atoms with E-state index in [0.29, 0.717) is 37.5 Å². The van der Waals surface area contributed by atoms with Gasteiger partial charge in [0, 0.05) is 26.2 Å². The number of carbonyl (C=O) groups excluding carboxylic acids is 2. The van der Waals surface area contributed by atoms with Crippen molar-refractivity contribution < 1.29 is 22.7 Å². The van der Waals surface area contributed by atoms with Gasteiger partial charge >= 0.3 is 6.03 Å². The van der Waals surface area contributed by atoms with E-state index in [1.807, 2.05) is 48.5 Å². The van der Waals surface area contributed by atoms with Gasteiger partial charge in [0.1, 0.15) is 12.3 Å². The van der Waals surface area contributed by atoms with Crippen molar-refractivity contribution in [3.05, 3.63) is 60.2 Å². The van der Waals surface area contributed by atoms with Gasteiger partial charge in [-0.25, -0.2) is 13.2 Å². The van der Waals surface area contributed by atoms with Gasteiger partial charge in [0.05, 0.1) is 23.8 Å². The number of sulfone groups is 1. The van der Waals surface area contributed by atoms with E-state index in [-0.39, 0.29) is 30.8 Å². The lowest BCUT2D eigenvalue weighted by Gasteiger charge is -2.24. The zero-order valence-electron chi connectivity index (χ0n) is 18.0. The van der Waals surface area contributed by atoms with E-state index in [9.17, 15) is 18.0 Å². The van der Waals surface area contributed by atoms with Crippen molar-refractivity contribution in [2.45, 2.75) is 11.7 Å². The number of methoxy groups -OCH3 is 1. The number of amides is 3. The zero-order valence-corrected chi connectivity index (χ0v) is 18.8. The highest BCUT2D eigenvalue weighted by molar-refractivity contribution is 7.91. The van der Waals surface area contributed by atoms with Crippen LogP contribution in [-0.2, 0) is 14.6 Å². The molecule has 0 radical (unpaired) electrons. The van der Waals surface area contributed by atoms with Crippen LogP contribution in [0, 0.1) is 0 Å². The van der Waals surface area contributed by atoms with Crippen molar-refractivity contribution in [1.82, 2.24) is 9.80 Å². The Morgan fingerprint density at radius 2 is 1.72 bits per heavy atom. The summed E-state index contributed by atoms with van der Waals surface area (Å²) < 4.78 is 31.0. The maximum Gasteiger partial charge on any atom is 0.325 e. The van der Waals surface area contributed by atoms with Crippen molar-refractivity contribution in [2.75, 3.05) is 50.5 Å². The van der Waals surface area contributed by atoms with Crippen LogP contribution in [0.1, 0.15) is 17.2 Å². The van der Waals surface area contributed by atoms with Gasteiger partial charge in [-0.1, -0.05) is 42.5 Å². The molecule has 1 atom stereocenters. The second-order valence-electron chi connectivity index (χ2n) is 7.96. The molecule has 1 unspecified atom stereocenters. The molecule has 2 saturated heterocycles. The van der Waals surface area contributed by atoms with Crippen LogP contribution < -0.4 is 9.64 Å². The molecule has 0 spiro atoms. The molecule has 170 valence electrons. The fourth-order valence-electron chi connectivity index (χ4n) is 4.30. The van der Waals surface area contributed by atoms with Gasteiger partial charge in [-0.2, -0.15) is 0 Å². The van der Waals surface area contributed by atoms with Crippen LogP contribution in [0.2, 0.25) is 0 Å². The number of para-hydroxylation sites is 2. The van der Waals surface area contributed by atoms with Gasteiger partial charge in [-0.3, -0.25) is 9.69 Å². The van der Waals surface area contributed by atoms with Gasteiger partial charge < -0.3 is 14.5 Å². The molecule has 0 bridgehead atoms. The molecular weight excluding hydrogens is 430 g/mol. The van der Waals surface area contributed by atoms with Gasteiger partial charge in [0.25, 0.3) is 0 Å². The Hall–Kier alpha value is -3.07. The predicted molar refractivity (Wildman–Crippen MR) is 121 cm³/mol.